The van der Waals surface area contributed by atoms with Crippen molar-refractivity contribution >= 4 is 33.4 Å². The van der Waals surface area contributed by atoms with E-state index in [9.17, 15) is 17.6 Å². The summed E-state index contributed by atoms with van der Waals surface area (Å²) in [6, 6.07) is 14.2. The number of halogens is 1. The van der Waals surface area contributed by atoms with Gasteiger partial charge in [-0.2, -0.15) is 16.5 Å². The van der Waals surface area contributed by atoms with Gasteiger partial charge >= 0.3 is 0 Å². The van der Waals surface area contributed by atoms with Crippen LogP contribution in [0.15, 0.2) is 59.5 Å². The lowest BCUT2D eigenvalue weighted by Gasteiger charge is -2.20. The molecule has 0 saturated carbocycles. The van der Waals surface area contributed by atoms with E-state index >= 15 is 0 Å². The van der Waals surface area contributed by atoms with Crippen LogP contribution in [0.1, 0.15) is 19.3 Å². The second-order valence-corrected chi connectivity index (χ2v) is 9.81. The zero-order valence-corrected chi connectivity index (χ0v) is 19.5. The molecule has 0 aliphatic rings. The van der Waals surface area contributed by atoms with Crippen molar-refractivity contribution in [3.05, 3.63) is 60.4 Å². The summed E-state index contributed by atoms with van der Waals surface area (Å²) < 4.78 is 41.4. The molecule has 0 radical (unpaired) electrons. The highest BCUT2D eigenvalue weighted by Gasteiger charge is 2.27. The van der Waals surface area contributed by atoms with E-state index in [1.807, 2.05) is 43.6 Å². The van der Waals surface area contributed by atoms with Crippen LogP contribution in [0, 0.1) is 5.82 Å². The van der Waals surface area contributed by atoms with Gasteiger partial charge in [-0.1, -0.05) is 30.3 Å². The van der Waals surface area contributed by atoms with Crippen molar-refractivity contribution < 1.29 is 17.6 Å². The molecular formula is C22H30FN3O3S2. The summed E-state index contributed by atoms with van der Waals surface area (Å²) in [5.74, 6) is -0.647. The standard InChI is InChI=1S/C22H30FN3O3S2/c1-26(18-10-4-3-5-11-18)16-9-8-15-24-22(27)20(14-17-30-2)25-31(28,29)21-13-7-6-12-19(21)23/h3-7,10-13,20,25H,8-9,14-17H2,1-2H3,(H,24,27). The number of carbonyl (C=O) groups is 1. The first kappa shape index (κ1) is 25.2. The Hall–Kier alpha value is -2.10. The van der Waals surface area contributed by atoms with Crippen LogP contribution >= 0.6 is 11.8 Å². The molecule has 0 heterocycles. The van der Waals surface area contributed by atoms with Gasteiger partial charge in [0.15, 0.2) is 0 Å². The smallest absolute Gasteiger partial charge is 0.244 e. The number of thioether (sulfide) groups is 1. The monoisotopic (exact) mass is 467 g/mol. The minimum Gasteiger partial charge on any atom is -0.375 e. The summed E-state index contributed by atoms with van der Waals surface area (Å²) in [4.78, 5) is 14.3. The van der Waals surface area contributed by atoms with Crippen LogP contribution < -0.4 is 14.9 Å². The summed E-state index contributed by atoms with van der Waals surface area (Å²) in [5.41, 5.74) is 1.13. The Morgan fingerprint density at radius 2 is 1.77 bits per heavy atom. The number of hydrogen-bond donors (Lipinski definition) is 2. The molecule has 2 aromatic carbocycles. The number of benzene rings is 2. The van der Waals surface area contributed by atoms with Gasteiger partial charge in [-0.3, -0.25) is 4.79 Å². The first-order valence-corrected chi connectivity index (χ1v) is 13.0. The molecular weight excluding hydrogens is 437 g/mol. The van der Waals surface area contributed by atoms with Crippen molar-refractivity contribution in [3.8, 4) is 0 Å². The second kappa shape index (κ2) is 12.7. The number of anilines is 1. The summed E-state index contributed by atoms with van der Waals surface area (Å²) in [7, 11) is -2.13. The summed E-state index contributed by atoms with van der Waals surface area (Å²) in [6.07, 6.45) is 3.83. The van der Waals surface area contributed by atoms with Gasteiger partial charge in [0.2, 0.25) is 15.9 Å². The summed E-state index contributed by atoms with van der Waals surface area (Å²) >= 11 is 1.51. The molecule has 1 unspecified atom stereocenters. The third kappa shape index (κ3) is 8.16. The minimum atomic E-state index is -4.14. The topological polar surface area (TPSA) is 78.5 Å². The number of sulfonamides is 1. The van der Waals surface area contributed by atoms with Crippen molar-refractivity contribution in [2.45, 2.75) is 30.2 Å². The maximum Gasteiger partial charge on any atom is 0.244 e. The molecule has 1 atom stereocenters. The number of nitrogens with zero attached hydrogens (tertiary/aromatic N) is 1. The van der Waals surface area contributed by atoms with E-state index in [1.54, 1.807) is 0 Å². The maximum atomic E-state index is 13.9. The lowest BCUT2D eigenvalue weighted by Crippen LogP contribution is -2.47. The largest absolute Gasteiger partial charge is 0.375 e. The van der Waals surface area contributed by atoms with E-state index in [4.69, 9.17) is 0 Å². The fourth-order valence-electron chi connectivity index (χ4n) is 3.01. The Labute approximate surface area is 188 Å². The van der Waals surface area contributed by atoms with Gasteiger partial charge in [0.05, 0.1) is 0 Å². The third-order valence-corrected chi connectivity index (χ3v) is 6.92. The van der Waals surface area contributed by atoms with Gasteiger partial charge in [0.25, 0.3) is 0 Å². The van der Waals surface area contributed by atoms with Gasteiger partial charge in [0.1, 0.15) is 16.8 Å². The quantitative estimate of drug-likeness (QED) is 0.442. The predicted octanol–water partition coefficient (Wildman–Crippen LogP) is 3.26. The number of para-hydroxylation sites is 1. The van der Waals surface area contributed by atoms with Gasteiger partial charge in [-0.25, -0.2) is 12.8 Å². The van der Waals surface area contributed by atoms with Crippen molar-refractivity contribution in [1.82, 2.24) is 10.0 Å². The first-order valence-electron chi connectivity index (χ1n) is 10.1. The number of amides is 1. The number of rotatable bonds is 13. The van der Waals surface area contributed by atoms with Crippen LogP contribution in [0.2, 0.25) is 0 Å². The second-order valence-electron chi connectivity index (χ2n) is 7.14. The molecule has 0 saturated heterocycles. The van der Waals surface area contributed by atoms with Crippen molar-refractivity contribution in [2.24, 2.45) is 0 Å². The van der Waals surface area contributed by atoms with Crippen LogP contribution in [0.3, 0.4) is 0 Å². The first-order chi connectivity index (χ1) is 14.8. The highest BCUT2D eigenvalue weighted by atomic mass is 32.2. The molecule has 0 aliphatic carbocycles. The van der Waals surface area contributed by atoms with E-state index in [0.717, 1.165) is 31.1 Å². The van der Waals surface area contributed by atoms with Crippen LogP contribution in [0.5, 0.6) is 0 Å². The van der Waals surface area contributed by atoms with E-state index in [-0.39, 0.29) is 0 Å². The molecule has 2 aromatic rings. The van der Waals surface area contributed by atoms with Crippen molar-refractivity contribution in [2.75, 3.05) is 37.0 Å². The van der Waals surface area contributed by atoms with Gasteiger partial charge in [0, 0.05) is 25.8 Å². The molecule has 6 nitrogen and oxygen atoms in total. The fourth-order valence-corrected chi connectivity index (χ4v) is 4.79. The van der Waals surface area contributed by atoms with Gasteiger partial charge in [-0.05, 0) is 55.5 Å². The normalized spacial score (nSPS) is 12.4. The fraction of sp³-hybridized carbons (Fsp3) is 0.409. The third-order valence-electron chi connectivity index (χ3n) is 4.77. The van der Waals surface area contributed by atoms with Gasteiger partial charge < -0.3 is 10.2 Å². The zero-order chi connectivity index (χ0) is 22.7. The molecule has 9 heteroatoms. The average Bonchev–Trinajstić information content (AvgIpc) is 2.76. The zero-order valence-electron chi connectivity index (χ0n) is 17.9. The van der Waals surface area contributed by atoms with Crippen LogP contribution in [0.25, 0.3) is 0 Å². The molecule has 31 heavy (non-hydrogen) atoms. The number of hydrogen-bond acceptors (Lipinski definition) is 5. The lowest BCUT2D eigenvalue weighted by atomic mass is 10.2. The molecule has 1 amide bonds. The van der Waals surface area contributed by atoms with Crippen molar-refractivity contribution in [1.29, 1.82) is 0 Å². The number of unbranched alkanes of at least 4 members (excludes halogenated alkanes) is 1. The van der Waals surface area contributed by atoms with Crippen LogP contribution in [0.4, 0.5) is 10.1 Å². The summed E-state index contributed by atoms with van der Waals surface area (Å²) in [5, 5.41) is 2.81. The van der Waals surface area contributed by atoms with E-state index in [0.29, 0.717) is 18.7 Å². The van der Waals surface area contributed by atoms with Crippen molar-refractivity contribution in [3.63, 3.8) is 0 Å². The summed E-state index contributed by atoms with van der Waals surface area (Å²) in [6.45, 7) is 1.29. The average molecular weight is 468 g/mol. The van der Waals surface area contributed by atoms with Gasteiger partial charge in [-0.15, -0.1) is 0 Å². The molecule has 0 aromatic heterocycles. The highest BCUT2D eigenvalue weighted by Crippen LogP contribution is 2.15. The molecule has 0 bridgehead atoms. The molecule has 0 spiro atoms. The van der Waals surface area contributed by atoms with E-state index < -0.39 is 32.7 Å². The lowest BCUT2D eigenvalue weighted by molar-refractivity contribution is -0.122. The molecule has 170 valence electrons. The SMILES string of the molecule is CSCCC(NS(=O)(=O)c1ccccc1F)C(=O)NCCCCN(C)c1ccccc1. The Morgan fingerprint density at radius 3 is 2.45 bits per heavy atom. The Morgan fingerprint density at radius 1 is 1.10 bits per heavy atom. The maximum absolute atomic E-state index is 13.9. The highest BCUT2D eigenvalue weighted by molar-refractivity contribution is 7.98. The van der Waals surface area contributed by atoms with Crippen LogP contribution in [-0.2, 0) is 14.8 Å². The molecule has 2 N–H and O–H groups in total. The van der Waals surface area contributed by atoms with E-state index in [1.165, 1.54) is 30.0 Å². The number of nitrogens with one attached hydrogen (secondary N) is 2. The molecule has 0 fully saturated rings. The molecule has 2 rings (SSSR count). The Balaban J connectivity index is 1.86. The minimum absolute atomic E-state index is 0.317. The van der Waals surface area contributed by atoms with E-state index in [2.05, 4.69) is 14.9 Å². The number of carbonyl (C=O) groups excluding carboxylic acids is 1. The Bertz CT molecular complexity index is 927. The predicted molar refractivity (Wildman–Crippen MR) is 125 cm³/mol. The van der Waals surface area contributed by atoms with Crippen LogP contribution in [-0.4, -0.2) is 52.5 Å². The molecule has 0 aliphatic heterocycles. The Kier molecular flexibility index (Phi) is 10.3.